The number of nitrogens with zero attached hydrogens (tertiary/aromatic N) is 1. The van der Waals surface area contributed by atoms with Gasteiger partial charge in [-0.15, -0.1) is 0 Å². The van der Waals surface area contributed by atoms with Gasteiger partial charge in [-0.3, -0.25) is 0 Å². The first-order valence-corrected chi connectivity index (χ1v) is 8.99. The van der Waals surface area contributed by atoms with E-state index >= 15 is 0 Å². The van der Waals surface area contributed by atoms with E-state index in [1.54, 1.807) is 7.11 Å². The summed E-state index contributed by atoms with van der Waals surface area (Å²) in [5, 5.41) is 0. The molecule has 1 aromatic carbocycles. The molecule has 0 unspecified atom stereocenters. The maximum Gasteiger partial charge on any atom is 0.235 e. The Bertz CT molecular complexity index is 614. The van der Waals surface area contributed by atoms with Crippen molar-refractivity contribution in [3.8, 4) is 5.75 Å². The van der Waals surface area contributed by atoms with E-state index in [0.29, 0.717) is 0 Å². The van der Waals surface area contributed by atoms with E-state index in [0.717, 1.165) is 54.3 Å². The van der Waals surface area contributed by atoms with Gasteiger partial charge in [-0.2, -0.15) is 4.99 Å². The molecule has 0 amide bonds. The van der Waals surface area contributed by atoms with Crippen molar-refractivity contribution in [2.24, 2.45) is 4.99 Å². The van der Waals surface area contributed by atoms with Crippen LogP contribution in [-0.2, 0) is 23.2 Å². The predicted octanol–water partition coefficient (Wildman–Crippen LogP) is 4.83. The Labute approximate surface area is 140 Å². The molecule has 0 aromatic heterocycles. The lowest BCUT2D eigenvalue weighted by molar-refractivity contribution is 0.374. The van der Waals surface area contributed by atoms with Gasteiger partial charge in [0, 0.05) is 5.56 Å². The maximum absolute atomic E-state index is 11.1. The Morgan fingerprint density at radius 2 is 1.91 bits per heavy atom. The first-order chi connectivity index (χ1) is 10.7. The third-order valence-corrected chi connectivity index (χ3v) is 5.76. The molecule has 0 aliphatic heterocycles. The minimum Gasteiger partial charge on any atom is -0.495 e. The number of isocyanates is 1. The number of rotatable bonds is 3. The molecule has 22 heavy (non-hydrogen) atoms. The number of fused-ring (bicyclic) bond motifs is 1. The summed E-state index contributed by atoms with van der Waals surface area (Å²) in [6, 6.07) is 2.20. The van der Waals surface area contributed by atoms with Crippen molar-refractivity contribution in [3.05, 3.63) is 27.2 Å². The van der Waals surface area contributed by atoms with Gasteiger partial charge in [0.2, 0.25) is 6.08 Å². The largest absolute Gasteiger partial charge is 0.495 e. The Morgan fingerprint density at radius 1 is 1.18 bits per heavy atom. The molecule has 0 radical (unpaired) electrons. The highest BCUT2D eigenvalue weighted by atomic mass is 79.9. The molecular weight excluding hydrogens is 342 g/mol. The Balaban J connectivity index is 2.27. The van der Waals surface area contributed by atoms with Gasteiger partial charge < -0.3 is 4.74 Å². The molecule has 0 spiro atoms. The van der Waals surface area contributed by atoms with E-state index in [1.165, 1.54) is 30.4 Å². The molecule has 0 atom stereocenters. The van der Waals surface area contributed by atoms with Crippen LogP contribution in [0.2, 0.25) is 0 Å². The third kappa shape index (κ3) is 2.63. The van der Waals surface area contributed by atoms with Crippen molar-refractivity contribution in [3.63, 3.8) is 0 Å². The summed E-state index contributed by atoms with van der Waals surface area (Å²) in [5.41, 5.74) is 3.50. The predicted molar refractivity (Wildman–Crippen MR) is 90.2 cm³/mol. The first-order valence-electron chi connectivity index (χ1n) is 8.19. The van der Waals surface area contributed by atoms with Gasteiger partial charge in [0.05, 0.1) is 11.6 Å². The number of hydrogen-bond acceptors (Lipinski definition) is 3. The maximum atomic E-state index is 11.1. The van der Waals surface area contributed by atoms with Gasteiger partial charge in [-0.05, 0) is 71.6 Å². The second-order valence-corrected chi connectivity index (χ2v) is 7.26. The average molecular weight is 364 g/mol. The summed E-state index contributed by atoms with van der Waals surface area (Å²) in [6.45, 7) is 0. The lowest BCUT2D eigenvalue weighted by Gasteiger charge is -2.30. The van der Waals surface area contributed by atoms with Gasteiger partial charge in [-0.1, -0.05) is 19.3 Å². The average Bonchev–Trinajstić information content (AvgIpc) is 2.85. The van der Waals surface area contributed by atoms with Crippen LogP contribution < -0.4 is 4.74 Å². The van der Waals surface area contributed by atoms with Crippen LogP contribution in [-0.4, -0.2) is 13.2 Å². The van der Waals surface area contributed by atoms with Crippen LogP contribution in [0.3, 0.4) is 0 Å². The number of benzene rings is 1. The van der Waals surface area contributed by atoms with E-state index in [2.05, 4.69) is 27.0 Å². The molecule has 3 rings (SSSR count). The molecule has 1 aromatic rings. The first kappa shape index (κ1) is 15.8. The number of halogens is 1. The summed E-state index contributed by atoms with van der Waals surface area (Å²) < 4.78 is 6.71. The zero-order valence-corrected chi connectivity index (χ0v) is 14.7. The van der Waals surface area contributed by atoms with Crippen LogP contribution in [0, 0.1) is 0 Å². The molecule has 0 saturated heterocycles. The number of carbonyl (C=O) groups excluding carboxylic acids is 1. The second-order valence-electron chi connectivity index (χ2n) is 6.41. The van der Waals surface area contributed by atoms with Crippen LogP contribution in [0.5, 0.6) is 5.75 Å². The van der Waals surface area contributed by atoms with Gasteiger partial charge in [0.25, 0.3) is 0 Å². The number of aryl methyl sites for hydroxylation is 1. The lowest BCUT2D eigenvalue weighted by Crippen LogP contribution is -2.23. The number of methoxy groups -OCH3 is 1. The summed E-state index contributed by atoms with van der Waals surface area (Å²) in [5.74, 6) is 0.863. The van der Waals surface area contributed by atoms with Gasteiger partial charge in [0.1, 0.15) is 11.3 Å². The fourth-order valence-corrected chi connectivity index (χ4v) is 4.82. The van der Waals surface area contributed by atoms with Gasteiger partial charge in [-0.25, -0.2) is 4.79 Å². The number of aliphatic imine (C=N–C) groups is 1. The molecule has 3 nitrogen and oxygen atoms in total. The Hall–Kier alpha value is -1.12. The highest BCUT2D eigenvalue weighted by molar-refractivity contribution is 9.10. The minimum absolute atomic E-state index is 0.425. The van der Waals surface area contributed by atoms with Crippen LogP contribution in [0.25, 0.3) is 0 Å². The number of ether oxygens (including phenoxy) is 1. The van der Waals surface area contributed by atoms with E-state index in [4.69, 9.17) is 4.74 Å². The van der Waals surface area contributed by atoms with Crippen molar-refractivity contribution in [2.45, 2.75) is 63.3 Å². The van der Waals surface area contributed by atoms with Crippen molar-refractivity contribution in [2.75, 3.05) is 7.11 Å². The fraction of sp³-hybridized carbons (Fsp3) is 0.611. The summed E-state index contributed by atoms with van der Waals surface area (Å²) in [6.07, 6.45) is 11.8. The summed E-state index contributed by atoms with van der Waals surface area (Å²) >= 11 is 3.67. The molecule has 1 saturated carbocycles. The normalized spacial score (nSPS) is 19.9. The van der Waals surface area contributed by atoms with E-state index in [1.807, 2.05) is 6.08 Å². The van der Waals surface area contributed by atoms with E-state index in [9.17, 15) is 4.79 Å². The Kier molecular flexibility index (Phi) is 4.70. The highest BCUT2D eigenvalue weighted by Crippen LogP contribution is 2.50. The van der Waals surface area contributed by atoms with Crippen molar-refractivity contribution in [1.29, 1.82) is 0 Å². The van der Waals surface area contributed by atoms with Crippen LogP contribution in [0.15, 0.2) is 15.5 Å². The molecule has 118 valence electrons. The minimum atomic E-state index is -0.425. The van der Waals surface area contributed by atoms with Crippen LogP contribution in [0.1, 0.15) is 61.6 Å². The summed E-state index contributed by atoms with van der Waals surface area (Å²) in [4.78, 5) is 15.4. The zero-order valence-electron chi connectivity index (χ0n) is 13.1. The van der Waals surface area contributed by atoms with E-state index in [-0.39, 0.29) is 0 Å². The summed E-state index contributed by atoms with van der Waals surface area (Å²) in [7, 11) is 1.71. The standard InChI is InChI=1S/C18H22BrNO2/c1-22-17-15(19)11-13-7-3-2-4-8-14(13)16(17)18(20-12-21)9-5-6-10-18/h11H,2-10H2,1H3. The van der Waals surface area contributed by atoms with E-state index < -0.39 is 5.54 Å². The van der Waals surface area contributed by atoms with Crippen molar-refractivity contribution < 1.29 is 9.53 Å². The number of hydrogen-bond donors (Lipinski definition) is 0. The Morgan fingerprint density at radius 3 is 2.59 bits per heavy atom. The smallest absolute Gasteiger partial charge is 0.235 e. The van der Waals surface area contributed by atoms with Crippen molar-refractivity contribution in [1.82, 2.24) is 0 Å². The van der Waals surface area contributed by atoms with Gasteiger partial charge in [0.15, 0.2) is 0 Å². The fourth-order valence-electron chi connectivity index (χ4n) is 4.18. The monoisotopic (exact) mass is 363 g/mol. The molecule has 2 aliphatic rings. The van der Waals surface area contributed by atoms with Crippen LogP contribution >= 0.6 is 15.9 Å². The van der Waals surface area contributed by atoms with Crippen LogP contribution in [0.4, 0.5) is 0 Å². The quantitative estimate of drug-likeness (QED) is 0.438. The molecule has 0 N–H and O–H groups in total. The molecule has 0 heterocycles. The molecule has 1 fully saturated rings. The van der Waals surface area contributed by atoms with Gasteiger partial charge >= 0.3 is 0 Å². The molecule has 2 aliphatic carbocycles. The third-order valence-electron chi connectivity index (χ3n) is 5.17. The molecule has 4 heteroatoms. The SMILES string of the molecule is COc1c(Br)cc2c(c1C1(N=C=O)CCCC1)CCCCC2. The lowest BCUT2D eigenvalue weighted by atomic mass is 9.81. The molecule has 0 bridgehead atoms. The molecular formula is C18H22BrNO2. The topological polar surface area (TPSA) is 38.7 Å². The highest BCUT2D eigenvalue weighted by Gasteiger charge is 2.41. The van der Waals surface area contributed by atoms with Crippen molar-refractivity contribution >= 4 is 22.0 Å². The second kappa shape index (κ2) is 6.55. The zero-order chi connectivity index (χ0) is 15.6.